The van der Waals surface area contributed by atoms with Crippen LogP contribution in [-0.2, 0) is 4.79 Å². The van der Waals surface area contributed by atoms with Crippen LogP contribution in [0, 0.1) is 0 Å². The van der Waals surface area contributed by atoms with Crippen LogP contribution in [0.15, 0.2) is 59.5 Å². The van der Waals surface area contributed by atoms with Crippen molar-refractivity contribution in [1.82, 2.24) is 0 Å². The summed E-state index contributed by atoms with van der Waals surface area (Å²) in [6.45, 7) is 4.09. The lowest BCUT2D eigenvalue weighted by atomic mass is 10.2. The molecule has 120 valence electrons. The fourth-order valence-corrected chi connectivity index (χ4v) is 3.69. The van der Waals surface area contributed by atoms with E-state index in [1.807, 2.05) is 55.5 Å². The molecule has 1 aliphatic heterocycles. The van der Waals surface area contributed by atoms with Gasteiger partial charge in [0, 0.05) is 18.0 Å². The number of anilines is 2. The minimum atomic E-state index is -0.135. The largest absolute Gasteiger partial charge is 0.370 e. The summed E-state index contributed by atoms with van der Waals surface area (Å²) in [5.74, 6) is 0.0468. The highest BCUT2D eigenvalue weighted by Crippen LogP contribution is 2.30. The number of hydrogen-bond acceptors (Lipinski definition) is 3. The third-order valence-electron chi connectivity index (χ3n) is 4.03. The molecule has 1 atom stereocenters. The smallest absolute Gasteiger partial charge is 0.237 e. The number of rotatable bonds is 5. The fraction of sp³-hybridized carbons (Fsp3) is 0.316. The number of carbonyl (C=O) groups excluding carboxylic acids is 1. The lowest BCUT2D eigenvalue weighted by Crippen LogP contribution is -2.25. The third kappa shape index (κ3) is 4.08. The first-order valence-corrected chi connectivity index (χ1v) is 8.98. The molecule has 2 aromatic carbocycles. The lowest BCUT2D eigenvalue weighted by molar-refractivity contribution is -0.115. The van der Waals surface area contributed by atoms with Crippen molar-refractivity contribution < 1.29 is 4.79 Å². The average Bonchev–Trinajstić information content (AvgIpc) is 3.10. The summed E-state index contributed by atoms with van der Waals surface area (Å²) >= 11 is 1.58. The molecule has 23 heavy (non-hydrogen) atoms. The Labute approximate surface area is 142 Å². The number of hydrogen-bond donors (Lipinski definition) is 1. The summed E-state index contributed by atoms with van der Waals surface area (Å²) in [4.78, 5) is 16.0. The molecule has 3 nitrogen and oxygen atoms in total. The van der Waals surface area contributed by atoms with E-state index in [9.17, 15) is 4.79 Å². The van der Waals surface area contributed by atoms with E-state index in [0.29, 0.717) is 0 Å². The van der Waals surface area contributed by atoms with Crippen molar-refractivity contribution >= 4 is 29.0 Å². The molecule has 4 heteroatoms. The summed E-state index contributed by atoms with van der Waals surface area (Å²) in [6, 6.07) is 18.1. The van der Waals surface area contributed by atoms with Gasteiger partial charge in [0.1, 0.15) is 0 Å². The molecule has 1 fully saturated rings. The van der Waals surface area contributed by atoms with Gasteiger partial charge < -0.3 is 10.2 Å². The molecular weight excluding hydrogens is 304 g/mol. The molecule has 0 saturated carbocycles. The van der Waals surface area contributed by atoms with Gasteiger partial charge in [0.15, 0.2) is 0 Å². The number of thioether (sulfide) groups is 1. The van der Waals surface area contributed by atoms with Crippen molar-refractivity contribution in [3.8, 4) is 0 Å². The van der Waals surface area contributed by atoms with Crippen molar-refractivity contribution in [3.63, 3.8) is 0 Å². The van der Waals surface area contributed by atoms with E-state index in [4.69, 9.17) is 0 Å². The van der Waals surface area contributed by atoms with Gasteiger partial charge in [0.25, 0.3) is 0 Å². The number of para-hydroxylation sites is 2. The predicted molar refractivity (Wildman–Crippen MR) is 98.3 cm³/mol. The molecule has 1 N–H and O–H groups in total. The van der Waals surface area contributed by atoms with Crippen molar-refractivity contribution in [3.05, 3.63) is 54.6 Å². The van der Waals surface area contributed by atoms with Crippen LogP contribution in [0.25, 0.3) is 0 Å². The van der Waals surface area contributed by atoms with Gasteiger partial charge in [-0.15, -0.1) is 11.8 Å². The van der Waals surface area contributed by atoms with Gasteiger partial charge in [-0.3, -0.25) is 4.79 Å². The van der Waals surface area contributed by atoms with Gasteiger partial charge in [-0.2, -0.15) is 0 Å². The second-order valence-electron chi connectivity index (χ2n) is 5.77. The van der Waals surface area contributed by atoms with Gasteiger partial charge in [0.05, 0.1) is 16.6 Å². The molecule has 1 heterocycles. The van der Waals surface area contributed by atoms with Crippen LogP contribution >= 0.6 is 11.8 Å². The molecule has 3 rings (SSSR count). The predicted octanol–water partition coefficient (Wildman–Crippen LogP) is 4.41. The quantitative estimate of drug-likeness (QED) is 0.826. The first-order chi connectivity index (χ1) is 11.2. The highest BCUT2D eigenvalue weighted by molar-refractivity contribution is 8.00. The molecule has 0 aromatic heterocycles. The van der Waals surface area contributed by atoms with Crippen molar-refractivity contribution in [2.24, 2.45) is 0 Å². The monoisotopic (exact) mass is 326 g/mol. The first-order valence-electron chi connectivity index (χ1n) is 8.10. The second-order valence-corrected chi connectivity index (χ2v) is 7.19. The van der Waals surface area contributed by atoms with Crippen LogP contribution < -0.4 is 10.2 Å². The molecule has 0 aliphatic carbocycles. The Bertz CT molecular complexity index is 653. The Morgan fingerprint density at radius 1 is 1.04 bits per heavy atom. The van der Waals surface area contributed by atoms with Crippen molar-refractivity contribution in [2.75, 3.05) is 23.3 Å². The van der Waals surface area contributed by atoms with E-state index in [2.05, 4.69) is 16.3 Å². The maximum atomic E-state index is 12.5. The van der Waals surface area contributed by atoms with Crippen LogP contribution in [0.4, 0.5) is 11.4 Å². The maximum Gasteiger partial charge on any atom is 0.237 e. The normalized spacial score (nSPS) is 15.4. The van der Waals surface area contributed by atoms with E-state index in [-0.39, 0.29) is 11.2 Å². The Kier molecular flexibility index (Phi) is 5.23. The Hall–Kier alpha value is -1.94. The highest BCUT2D eigenvalue weighted by atomic mass is 32.2. The minimum absolute atomic E-state index is 0.0468. The Morgan fingerprint density at radius 3 is 2.43 bits per heavy atom. The summed E-state index contributed by atoms with van der Waals surface area (Å²) < 4.78 is 0. The molecule has 0 spiro atoms. The highest BCUT2D eigenvalue weighted by Gasteiger charge is 2.19. The fourth-order valence-electron chi connectivity index (χ4n) is 2.80. The van der Waals surface area contributed by atoms with Crippen LogP contribution in [0.3, 0.4) is 0 Å². The van der Waals surface area contributed by atoms with Crippen molar-refractivity contribution in [1.29, 1.82) is 0 Å². The summed E-state index contributed by atoms with van der Waals surface area (Å²) in [5.41, 5.74) is 2.05. The molecule has 2 aromatic rings. The van der Waals surface area contributed by atoms with Gasteiger partial charge in [-0.1, -0.05) is 30.3 Å². The molecule has 1 saturated heterocycles. The SMILES string of the molecule is C[C@H](Sc1ccccc1)C(=O)Nc1ccccc1N1CCCC1. The standard InChI is InChI=1S/C19H22N2OS/c1-15(23-16-9-3-2-4-10-16)19(22)20-17-11-5-6-12-18(17)21-13-7-8-14-21/h2-6,9-12,15H,7-8,13-14H2,1H3,(H,20,22)/t15-/m0/s1. The van der Waals surface area contributed by atoms with Crippen LogP contribution in [-0.4, -0.2) is 24.2 Å². The Balaban J connectivity index is 1.68. The van der Waals surface area contributed by atoms with Gasteiger partial charge in [-0.05, 0) is 44.0 Å². The minimum Gasteiger partial charge on any atom is -0.370 e. The second kappa shape index (κ2) is 7.55. The summed E-state index contributed by atoms with van der Waals surface area (Å²) in [5, 5.41) is 2.97. The number of nitrogens with zero attached hydrogens (tertiary/aromatic N) is 1. The number of nitrogens with one attached hydrogen (secondary N) is 1. The topological polar surface area (TPSA) is 32.3 Å². The first kappa shape index (κ1) is 15.9. The van der Waals surface area contributed by atoms with E-state index < -0.39 is 0 Å². The summed E-state index contributed by atoms with van der Waals surface area (Å²) in [6.07, 6.45) is 2.45. The van der Waals surface area contributed by atoms with Crippen LogP contribution in [0.5, 0.6) is 0 Å². The average molecular weight is 326 g/mol. The molecule has 1 amide bonds. The summed E-state index contributed by atoms with van der Waals surface area (Å²) in [7, 11) is 0. The number of carbonyl (C=O) groups is 1. The third-order valence-corrected chi connectivity index (χ3v) is 5.15. The zero-order valence-corrected chi connectivity index (χ0v) is 14.2. The van der Waals surface area contributed by atoms with Gasteiger partial charge in [-0.25, -0.2) is 0 Å². The van der Waals surface area contributed by atoms with E-state index in [1.165, 1.54) is 12.8 Å². The molecular formula is C19H22N2OS. The molecule has 0 bridgehead atoms. The van der Waals surface area contributed by atoms with Crippen LogP contribution in [0.1, 0.15) is 19.8 Å². The molecule has 1 aliphatic rings. The zero-order valence-electron chi connectivity index (χ0n) is 13.4. The number of amides is 1. The van der Waals surface area contributed by atoms with E-state index in [1.54, 1.807) is 11.8 Å². The van der Waals surface area contributed by atoms with Gasteiger partial charge >= 0.3 is 0 Å². The van der Waals surface area contributed by atoms with Crippen molar-refractivity contribution in [2.45, 2.75) is 29.9 Å². The zero-order chi connectivity index (χ0) is 16.1. The maximum absolute atomic E-state index is 12.5. The lowest BCUT2D eigenvalue weighted by Gasteiger charge is -2.22. The van der Waals surface area contributed by atoms with Gasteiger partial charge in [0.2, 0.25) is 5.91 Å². The molecule has 0 radical (unpaired) electrons. The van der Waals surface area contributed by atoms with Crippen LogP contribution in [0.2, 0.25) is 0 Å². The number of benzene rings is 2. The van der Waals surface area contributed by atoms with E-state index in [0.717, 1.165) is 29.4 Å². The Morgan fingerprint density at radius 2 is 1.70 bits per heavy atom. The molecule has 0 unspecified atom stereocenters. The van der Waals surface area contributed by atoms with E-state index >= 15 is 0 Å².